The van der Waals surface area contributed by atoms with Crippen molar-refractivity contribution in [1.82, 2.24) is 0 Å². The topological polar surface area (TPSA) is 26.0 Å². The van der Waals surface area contributed by atoms with E-state index in [2.05, 4.69) is 32.0 Å². The lowest BCUT2D eigenvalue weighted by Gasteiger charge is -2.29. The third kappa shape index (κ3) is 2.21. The van der Waals surface area contributed by atoms with Crippen molar-refractivity contribution in [2.24, 2.45) is 11.7 Å². The van der Waals surface area contributed by atoms with Crippen LogP contribution in [-0.2, 0) is 0 Å². The quantitative estimate of drug-likeness (QED) is 0.830. The Morgan fingerprint density at radius 1 is 1.53 bits per heavy atom. The third-order valence-corrected chi connectivity index (χ3v) is 4.43. The highest BCUT2D eigenvalue weighted by molar-refractivity contribution is 7.99. The molecule has 0 saturated heterocycles. The van der Waals surface area contributed by atoms with Crippen LogP contribution < -0.4 is 5.73 Å². The fourth-order valence-corrected chi connectivity index (χ4v) is 3.43. The fraction of sp³-hybridized carbons (Fsp3) is 0.538. The molecule has 1 aromatic carbocycles. The van der Waals surface area contributed by atoms with Crippen LogP contribution in [0.1, 0.15) is 30.4 Å². The molecule has 0 fully saturated rings. The van der Waals surface area contributed by atoms with E-state index in [1.165, 1.54) is 28.2 Å². The maximum Gasteiger partial charge on any atom is 0.0107 e. The second kappa shape index (κ2) is 4.58. The van der Waals surface area contributed by atoms with Crippen LogP contribution in [-0.4, -0.2) is 12.3 Å². The summed E-state index contributed by atoms with van der Waals surface area (Å²) in [6.07, 6.45) is 1.28. The van der Waals surface area contributed by atoms with Gasteiger partial charge in [-0.05, 0) is 49.1 Å². The summed E-state index contributed by atoms with van der Waals surface area (Å²) < 4.78 is 0. The van der Waals surface area contributed by atoms with Gasteiger partial charge in [-0.15, -0.1) is 11.8 Å². The minimum atomic E-state index is 0.603. The van der Waals surface area contributed by atoms with Gasteiger partial charge < -0.3 is 5.73 Å². The van der Waals surface area contributed by atoms with Crippen molar-refractivity contribution < 1.29 is 0 Å². The zero-order valence-electron chi connectivity index (χ0n) is 9.49. The van der Waals surface area contributed by atoms with Gasteiger partial charge in [-0.3, -0.25) is 0 Å². The monoisotopic (exact) mass is 221 g/mol. The summed E-state index contributed by atoms with van der Waals surface area (Å²) in [6.45, 7) is 5.24. The van der Waals surface area contributed by atoms with Crippen LogP contribution in [0.3, 0.4) is 0 Å². The Morgan fingerprint density at radius 3 is 3.07 bits per heavy atom. The predicted molar refractivity (Wildman–Crippen MR) is 67.5 cm³/mol. The van der Waals surface area contributed by atoms with Gasteiger partial charge in [0.1, 0.15) is 0 Å². The van der Waals surface area contributed by atoms with Crippen LogP contribution in [0.4, 0.5) is 0 Å². The smallest absolute Gasteiger partial charge is 0.0107 e. The van der Waals surface area contributed by atoms with E-state index in [0.29, 0.717) is 11.8 Å². The molecule has 2 unspecified atom stereocenters. The van der Waals surface area contributed by atoms with Crippen LogP contribution in [0.25, 0.3) is 0 Å². The summed E-state index contributed by atoms with van der Waals surface area (Å²) in [5, 5.41) is 0. The Kier molecular flexibility index (Phi) is 3.37. The molecule has 2 atom stereocenters. The molecule has 1 aliphatic heterocycles. The van der Waals surface area contributed by atoms with Gasteiger partial charge in [0.15, 0.2) is 0 Å². The van der Waals surface area contributed by atoms with Crippen molar-refractivity contribution in [3.8, 4) is 0 Å². The zero-order valence-corrected chi connectivity index (χ0v) is 10.3. The first-order valence-corrected chi connectivity index (χ1v) is 6.64. The highest BCUT2D eigenvalue weighted by Gasteiger charge is 2.24. The average molecular weight is 221 g/mol. The van der Waals surface area contributed by atoms with Crippen molar-refractivity contribution in [2.45, 2.75) is 31.1 Å². The molecule has 0 radical (unpaired) electrons. The number of benzene rings is 1. The summed E-state index contributed by atoms with van der Waals surface area (Å²) in [5.74, 6) is 2.52. The molecular weight excluding hydrogens is 202 g/mol. The lowest BCUT2D eigenvalue weighted by Crippen LogP contribution is -2.22. The highest BCUT2D eigenvalue weighted by Crippen LogP contribution is 2.41. The van der Waals surface area contributed by atoms with Crippen LogP contribution in [0.15, 0.2) is 23.1 Å². The second-order valence-corrected chi connectivity index (χ2v) is 5.63. The van der Waals surface area contributed by atoms with Crippen molar-refractivity contribution >= 4 is 11.8 Å². The predicted octanol–water partition coefficient (Wildman–Crippen LogP) is 3.17. The van der Waals surface area contributed by atoms with Crippen molar-refractivity contribution in [3.05, 3.63) is 29.3 Å². The standard InChI is InChI=1S/C13H19NS/c1-9-3-4-13-12(7-9)11(5-6-15-13)10(2)8-14/h3-4,7,10-11H,5-6,8,14H2,1-2H3. The van der Waals surface area contributed by atoms with Crippen LogP contribution >= 0.6 is 11.8 Å². The van der Waals surface area contributed by atoms with Gasteiger partial charge in [0.25, 0.3) is 0 Å². The fourth-order valence-electron chi connectivity index (χ4n) is 2.30. The van der Waals surface area contributed by atoms with Crippen molar-refractivity contribution in [1.29, 1.82) is 0 Å². The molecule has 0 aliphatic carbocycles. The number of fused-ring (bicyclic) bond motifs is 1. The van der Waals surface area contributed by atoms with E-state index in [1.54, 1.807) is 0 Å². The molecule has 0 amide bonds. The largest absolute Gasteiger partial charge is 0.330 e. The Labute approximate surface area is 96.4 Å². The van der Waals surface area contributed by atoms with Crippen LogP contribution in [0.2, 0.25) is 0 Å². The van der Waals surface area contributed by atoms with E-state index in [-0.39, 0.29) is 0 Å². The molecular formula is C13H19NS. The molecule has 1 aromatic rings. The van der Waals surface area contributed by atoms with Crippen LogP contribution in [0.5, 0.6) is 0 Å². The first kappa shape index (κ1) is 11.0. The molecule has 82 valence electrons. The minimum absolute atomic E-state index is 0.603. The molecule has 0 saturated carbocycles. The number of hydrogen-bond donors (Lipinski definition) is 1. The van der Waals surface area contributed by atoms with E-state index in [9.17, 15) is 0 Å². The van der Waals surface area contributed by atoms with Crippen LogP contribution in [0, 0.1) is 12.8 Å². The second-order valence-electron chi connectivity index (χ2n) is 4.50. The summed E-state index contributed by atoms with van der Waals surface area (Å²) in [6, 6.07) is 6.82. The lowest BCUT2D eigenvalue weighted by atomic mass is 9.84. The average Bonchev–Trinajstić information content (AvgIpc) is 2.27. The summed E-state index contributed by atoms with van der Waals surface area (Å²) in [7, 11) is 0. The zero-order chi connectivity index (χ0) is 10.8. The number of hydrogen-bond acceptors (Lipinski definition) is 2. The van der Waals surface area contributed by atoms with Gasteiger partial charge in [-0.1, -0.05) is 24.6 Å². The van der Waals surface area contributed by atoms with Gasteiger partial charge in [-0.25, -0.2) is 0 Å². The lowest BCUT2D eigenvalue weighted by molar-refractivity contribution is 0.450. The summed E-state index contributed by atoms with van der Waals surface area (Å²) >= 11 is 1.99. The van der Waals surface area contributed by atoms with Gasteiger partial charge in [0.2, 0.25) is 0 Å². The van der Waals surface area contributed by atoms with E-state index in [4.69, 9.17) is 5.73 Å². The van der Waals surface area contributed by atoms with E-state index >= 15 is 0 Å². The Morgan fingerprint density at radius 2 is 2.33 bits per heavy atom. The van der Waals surface area contributed by atoms with Gasteiger partial charge >= 0.3 is 0 Å². The molecule has 1 heterocycles. The maximum absolute atomic E-state index is 5.79. The van der Waals surface area contributed by atoms with Crippen molar-refractivity contribution in [2.75, 3.05) is 12.3 Å². The van der Waals surface area contributed by atoms with E-state index < -0.39 is 0 Å². The molecule has 15 heavy (non-hydrogen) atoms. The highest BCUT2D eigenvalue weighted by atomic mass is 32.2. The summed E-state index contributed by atoms with van der Waals surface area (Å²) in [4.78, 5) is 1.47. The Balaban J connectivity index is 2.36. The molecule has 1 aliphatic rings. The normalized spacial score (nSPS) is 22.2. The Bertz CT molecular complexity index is 348. The number of thioether (sulfide) groups is 1. The molecule has 2 N–H and O–H groups in total. The molecule has 0 spiro atoms. The molecule has 2 heteroatoms. The van der Waals surface area contributed by atoms with Gasteiger partial charge in [0.05, 0.1) is 0 Å². The van der Waals surface area contributed by atoms with Gasteiger partial charge in [0, 0.05) is 4.90 Å². The Hall–Kier alpha value is -0.470. The van der Waals surface area contributed by atoms with E-state index in [1.807, 2.05) is 11.8 Å². The first-order valence-electron chi connectivity index (χ1n) is 5.65. The van der Waals surface area contributed by atoms with Crippen molar-refractivity contribution in [3.63, 3.8) is 0 Å². The maximum atomic E-state index is 5.79. The number of rotatable bonds is 2. The minimum Gasteiger partial charge on any atom is -0.330 e. The summed E-state index contributed by atoms with van der Waals surface area (Å²) in [5.41, 5.74) is 8.69. The van der Waals surface area contributed by atoms with Gasteiger partial charge in [-0.2, -0.15) is 0 Å². The number of nitrogens with two attached hydrogens (primary N) is 1. The SMILES string of the molecule is Cc1ccc2c(c1)C(C(C)CN)CCS2. The molecule has 2 rings (SSSR count). The van der Waals surface area contributed by atoms with E-state index in [0.717, 1.165) is 6.54 Å². The first-order chi connectivity index (χ1) is 7.22. The molecule has 0 aromatic heterocycles. The third-order valence-electron chi connectivity index (χ3n) is 3.31. The molecule has 0 bridgehead atoms. The molecule has 1 nitrogen and oxygen atoms in total. The number of aryl methyl sites for hydroxylation is 1.